The lowest BCUT2D eigenvalue weighted by Gasteiger charge is -2.23. The van der Waals surface area contributed by atoms with Crippen molar-refractivity contribution in [2.24, 2.45) is 0 Å². The van der Waals surface area contributed by atoms with Crippen molar-refractivity contribution in [1.29, 1.82) is 0 Å². The molecule has 0 radical (unpaired) electrons. The zero-order valence-electron chi connectivity index (χ0n) is 15.3. The van der Waals surface area contributed by atoms with Gasteiger partial charge in [0.15, 0.2) is 0 Å². The van der Waals surface area contributed by atoms with E-state index in [1.54, 1.807) is 29.2 Å². The van der Waals surface area contributed by atoms with Gasteiger partial charge in [-0.15, -0.1) is 0 Å². The topological polar surface area (TPSA) is 57.7 Å². The van der Waals surface area contributed by atoms with Gasteiger partial charge < -0.3 is 4.90 Å². The van der Waals surface area contributed by atoms with Crippen LogP contribution in [-0.2, 0) is 9.59 Å². The molecule has 1 saturated heterocycles. The van der Waals surface area contributed by atoms with Gasteiger partial charge in [-0.3, -0.25) is 19.3 Å². The number of nitrogens with zero attached hydrogens (tertiary/aromatic N) is 2. The predicted molar refractivity (Wildman–Crippen MR) is 101 cm³/mol. The lowest BCUT2D eigenvalue weighted by Crippen LogP contribution is -2.32. The Morgan fingerprint density at radius 2 is 1.62 bits per heavy atom. The van der Waals surface area contributed by atoms with Gasteiger partial charge >= 0.3 is 0 Å². The molecule has 0 N–H and O–H groups in total. The van der Waals surface area contributed by atoms with Crippen LogP contribution < -0.4 is 9.80 Å². The van der Waals surface area contributed by atoms with Crippen LogP contribution in [0, 0.1) is 13.8 Å². The number of imide groups is 1. The molecule has 0 bridgehead atoms. The molecule has 1 aliphatic rings. The van der Waals surface area contributed by atoms with Crippen molar-refractivity contribution < 1.29 is 14.4 Å². The molecule has 1 fully saturated rings. The maximum absolute atomic E-state index is 13.1. The molecule has 3 rings (SSSR count). The zero-order valence-corrected chi connectivity index (χ0v) is 15.3. The van der Waals surface area contributed by atoms with Crippen LogP contribution >= 0.6 is 0 Å². The van der Waals surface area contributed by atoms with E-state index in [1.807, 2.05) is 32.9 Å². The Hall–Kier alpha value is -2.95. The summed E-state index contributed by atoms with van der Waals surface area (Å²) in [5, 5.41) is 0. The number of benzene rings is 2. The Balaban J connectivity index is 1.95. The summed E-state index contributed by atoms with van der Waals surface area (Å²) in [5.74, 6) is -0.596. The Morgan fingerprint density at radius 3 is 2.19 bits per heavy atom. The number of anilines is 2. The van der Waals surface area contributed by atoms with Crippen LogP contribution in [0.4, 0.5) is 11.4 Å². The monoisotopic (exact) mass is 350 g/mol. The third-order valence-corrected chi connectivity index (χ3v) is 4.48. The molecule has 0 unspecified atom stereocenters. The molecule has 0 aliphatic carbocycles. The summed E-state index contributed by atoms with van der Waals surface area (Å²) in [6.07, 6.45) is 0.446. The molecule has 0 aromatic heterocycles. The molecule has 5 nitrogen and oxygen atoms in total. The Morgan fingerprint density at radius 1 is 1.00 bits per heavy atom. The van der Waals surface area contributed by atoms with Crippen molar-refractivity contribution in [3.8, 4) is 0 Å². The highest BCUT2D eigenvalue weighted by Crippen LogP contribution is 2.26. The summed E-state index contributed by atoms with van der Waals surface area (Å²) < 4.78 is 0. The van der Waals surface area contributed by atoms with Crippen LogP contribution in [0.25, 0.3) is 0 Å². The number of aryl methyl sites for hydroxylation is 2. The number of hydrogen-bond donors (Lipinski definition) is 0. The van der Waals surface area contributed by atoms with Crippen LogP contribution in [-0.4, -0.2) is 24.3 Å². The number of carbonyl (C=O) groups excluding carboxylic acids is 3. The van der Waals surface area contributed by atoms with Crippen LogP contribution in [0.5, 0.6) is 0 Å². The van der Waals surface area contributed by atoms with Crippen LogP contribution in [0.3, 0.4) is 0 Å². The van der Waals surface area contributed by atoms with E-state index in [9.17, 15) is 14.4 Å². The van der Waals surface area contributed by atoms with Crippen molar-refractivity contribution in [1.82, 2.24) is 0 Å². The third-order valence-electron chi connectivity index (χ3n) is 4.48. The van der Waals surface area contributed by atoms with E-state index in [2.05, 4.69) is 6.07 Å². The first-order valence-corrected chi connectivity index (χ1v) is 8.76. The van der Waals surface area contributed by atoms with Crippen molar-refractivity contribution in [3.05, 3.63) is 59.2 Å². The summed E-state index contributed by atoms with van der Waals surface area (Å²) >= 11 is 0. The first kappa shape index (κ1) is 17.9. The van der Waals surface area contributed by atoms with Crippen molar-refractivity contribution in [3.63, 3.8) is 0 Å². The molecule has 3 amide bonds. The highest BCUT2D eigenvalue weighted by atomic mass is 16.2. The minimum Gasteiger partial charge on any atom is -0.309 e. The summed E-state index contributed by atoms with van der Waals surface area (Å²) in [5.41, 5.74) is 3.94. The van der Waals surface area contributed by atoms with E-state index in [-0.39, 0.29) is 30.6 Å². The van der Waals surface area contributed by atoms with E-state index in [0.29, 0.717) is 17.8 Å². The fraction of sp³-hybridized carbons (Fsp3) is 0.286. The molecule has 2 aromatic rings. The molecule has 0 atom stereocenters. The van der Waals surface area contributed by atoms with Gasteiger partial charge in [-0.1, -0.05) is 12.1 Å². The molecule has 5 heteroatoms. The van der Waals surface area contributed by atoms with Crippen LogP contribution in [0.1, 0.15) is 41.3 Å². The summed E-state index contributed by atoms with van der Waals surface area (Å²) in [4.78, 5) is 39.9. The number of amides is 3. The van der Waals surface area contributed by atoms with E-state index in [4.69, 9.17) is 0 Å². The summed E-state index contributed by atoms with van der Waals surface area (Å²) in [6.45, 7) is 6.44. The first-order chi connectivity index (χ1) is 12.4. The van der Waals surface area contributed by atoms with E-state index >= 15 is 0 Å². The fourth-order valence-corrected chi connectivity index (χ4v) is 3.35. The Labute approximate surface area is 153 Å². The highest BCUT2D eigenvalue weighted by Gasteiger charge is 2.30. The second kappa shape index (κ2) is 7.12. The molecule has 1 heterocycles. The van der Waals surface area contributed by atoms with Gasteiger partial charge in [0.05, 0.1) is 5.69 Å². The highest BCUT2D eigenvalue weighted by molar-refractivity contribution is 6.20. The standard InChI is InChI=1S/C21H22N2O3/c1-4-22(18-11-14(2)10-15(3)12-18)21(26)16-6-5-7-17(13-16)23-19(24)8-9-20(23)25/h5-7,10-13H,4,8-9H2,1-3H3. The van der Waals surface area contributed by atoms with E-state index < -0.39 is 0 Å². The smallest absolute Gasteiger partial charge is 0.258 e. The molecular formula is C21H22N2O3. The molecule has 0 saturated carbocycles. The largest absolute Gasteiger partial charge is 0.309 e. The van der Waals surface area contributed by atoms with Gasteiger partial charge in [0, 0.05) is 30.6 Å². The number of carbonyl (C=O) groups is 3. The third kappa shape index (κ3) is 3.38. The summed E-state index contributed by atoms with van der Waals surface area (Å²) in [6, 6.07) is 12.7. The normalized spacial score (nSPS) is 14.0. The van der Waals surface area contributed by atoms with Gasteiger partial charge in [0.1, 0.15) is 0 Å². The van der Waals surface area contributed by atoms with Gasteiger partial charge in [-0.2, -0.15) is 0 Å². The van der Waals surface area contributed by atoms with Crippen molar-refractivity contribution in [2.45, 2.75) is 33.6 Å². The Kier molecular flexibility index (Phi) is 4.89. The van der Waals surface area contributed by atoms with E-state index in [1.165, 1.54) is 4.90 Å². The van der Waals surface area contributed by atoms with E-state index in [0.717, 1.165) is 16.8 Å². The predicted octanol–water partition coefficient (Wildman–Crippen LogP) is 3.62. The molecule has 2 aromatic carbocycles. The second-order valence-electron chi connectivity index (χ2n) is 6.57. The molecular weight excluding hydrogens is 328 g/mol. The van der Waals surface area contributed by atoms with Gasteiger partial charge in [0.25, 0.3) is 5.91 Å². The molecule has 1 aliphatic heterocycles. The lowest BCUT2D eigenvalue weighted by molar-refractivity contribution is -0.121. The number of hydrogen-bond acceptors (Lipinski definition) is 3. The molecule has 26 heavy (non-hydrogen) atoms. The zero-order chi connectivity index (χ0) is 18.8. The maximum atomic E-state index is 13.1. The van der Waals surface area contributed by atoms with Crippen molar-refractivity contribution >= 4 is 29.1 Å². The minimum absolute atomic E-state index is 0.154. The van der Waals surface area contributed by atoms with Gasteiger partial charge in [-0.05, 0) is 62.2 Å². The molecule has 0 spiro atoms. The van der Waals surface area contributed by atoms with Crippen LogP contribution in [0.2, 0.25) is 0 Å². The second-order valence-corrected chi connectivity index (χ2v) is 6.57. The first-order valence-electron chi connectivity index (χ1n) is 8.76. The van der Waals surface area contributed by atoms with Gasteiger partial charge in [0.2, 0.25) is 11.8 Å². The fourth-order valence-electron chi connectivity index (χ4n) is 3.35. The van der Waals surface area contributed by atoms with Crippen LogP contribution in [0.15, 0.2) is 42.5 Å². The minimum atomic E-state index is -0.221. The number of rotatable bonds is 4. The van der Waals surface area contributed by atoms with Gasteiger partial charge in [-0.25, -0.2) is 0 Å². The summed E-state index contributed by atoms with van der Waals surface area (Å²) in [7, 11) is 0. The average Bonchev–Trinajstić information content (AvgIpc) is 2.93. The lowest BCUT2D eigenvalue weighted by atomic mass is 10.1. The quantitative estimate of drug-likeness (QED) is 0.791. The van der Waals surface area contributed by atoms with Crippen molar-refractivity contribution in [2.75, 3.05) is 16.3 Å². The average molecular weight is 350 g/mol. The SMILES string of the molecule is CCN(C(=O)c1cccc(N2C(=O)CCC2=O)c1)c1cc(C)cc(C)c1. The molecule has 134 valence electrons. The Bertz CT molecular complexity index is 852. The maximum Gasteiger partial charge on any atom is 0.258 e.